The zero-order valence-electron chi connectivity index (χ0n) is 13.4. The monoisotopic (exact) mass is 307 g/mol. The van der Waals surface area contributed by atoms with Crippen LogP contribution < -0.4 is 4.90 Å². The van der Waals surface area contributed by atoms with Crippen molar-refractivity contribution < 1.29 is 0 Å². The number of para-hydroxylation sites is 2. The van der Waals surface area contributed by atoms with E-state index in [1.807, 2.05) is 36.7 Å². The lowest BCUT2D eigenvalue weighted by Crippen LogP contribution is -2.37. The summed E-state index contributed by atoms with van der Waals surface area (Å²) in [7, 11) is 0. The maximum Gasteiger partial charge on any atom is 0.147 e. The molecule has 5 heteroatoms. The molecule has 3 heterocycles. The quantitative estimate of drug-likeness (QED) is 0.746. The van der Waals surface area contributed by atoms with E-state index in [1.54, 1.807) is 0 Å². The Morgan fingerprint density at radius 2 is 2.04 bits per heavy atom. The maximum atomic E-state index is 4.79. The van der Waals surface area contributed by atoms with E-state index in [1.165, 1.54) is 12.8 Å². The number of hydrogen-bond donors (Lipinski definition) is 0. The number of aryl methyl sites for hydroxylation is 1. The summed E-state index contributed by atoms with van der Waals surface area (Å²) >= 11 is 0. The molecule has 1 aliphatic heterocycles. The molecule has 0 radical (unpaired) electrons. The normalized spacial score (nSPS) is 18.5. The van der Waals surface area contributed by atoms with Crippen LogP contribution >= 0.6 is 0 Å². The van der Waals surface area contributed by atoms with Gasteiger partial charge in [-0.05, 0) is 37.8 Å². The third-order valence-corrected chi connectivity index (χ3v) is 4.66. The first kappa shape index (κ1) is 14.2. The molecule has 0 spiro atoms. The Morgan fingerprint density at radius 1 is 1.17 bits per heavy atom. The molecular weight excluding hydrogens is 286 g/mol. The summed E-state index contributed by atoms with van der Waals surface area (Å²) < 4.78 is 2.25. The van der Waals surface area contributed by atoms with Crippen molar-refractivity contribution in [3.05, 3.63) is 48.7 Å². The van der Waals surface area contributed by atoms with E-state index in [0.29, 0.717) is 5.92 Å². The number of hydrogen-bond acceptors (Lipinski definition) is 4. The van der Waals surface area contributed by atoms with Gasteiger partial charge in [-0.25, -0.2) is 9.97 Å². The molecule has 0 saturated carbocycles. The molecule has 1 fully saturated rings. The molecule has 5 nitrogen and oxygen atoms in total. The summed E-state index contributed by atoms with van der Waals surface area (Å²) in [5.41, 5.74) is 1.93. The van der Waals surface area contributed by atoms with Gasteiger partial charge in [0, 0.05) is 32.0 Å². The number of benzene rings is 1. The van der Waals surface area contributed by atoms with Crippen molar-refractivity contribution in [1.29, 1.82) is 0 Å². The van der Waals surface area contributed by atoms with Gasteiger partial charge < -0.3 is 9.47 Å². The highest BCUT2D eigenvalue weighted by molar-refractivity contribution is 5.75. The number of rotatable bonds is 3. The molecule has 0 aliphatic carbocycles. The number of piperidine rings is 1. The largest absolute Gasteiger partial charge is 0.355 e. The zero-order chi connectivity index (χ0) is 15.6. The van der Waals surface area contributed by atoms with E-state index in [4.69, 9.17) is 4.98 Å². The summed E-state index contributed by atoms with van der Waals surface area (Å²) in [4.78, 5) is 16.0. The van der Waals surface area contributed by atoms with E-state index in [0.717, 1.165) is 42.3 Å². The Labute approximate surface area is 136 Å². The molecule has 23 heavy (non-hydrogen) atoms. The van der Waals surface area contributed by atoms with Crippen molar-refractivity contribution in [1.82, 2.24) is 19.5 Å². The van der Waals surface area contributed by atoms with E-state index < -0.39 is 0 Å². The van der Waals surface area contributed by atoms with Gasteiger partial charge in [0.15, 0.2) is 0 Å². The summed E-state index contributed by atoms with van der Waals surface area (Å²) in [6.07, 6.45) is 8.32. The molecule has 3 aromatic rings. The number of anilines is 1. The second kappa shape index (κ2) is 5.99. The van der Waals surface area contributed by atoms with Crippen molar-refractivity contribution in [3.8, 4) is 0 Å². The van der Waals surface area contributed by atoms with Crippen molar-refractivity contribution >= 4 is 16.9 Å². The van der Waals surface area contributed by atoms with Gasteiger partial charge in [-0.2, -0.15) is 0 Å². The van der Waals surface area contributed by atoms with Gasteiger partial charge in [0.1, 0.15) is 11.6 Å². The van der Waals surface area contributed by atoms with Crippen molar-refractivity contribution in [2.24, 2.45) is 5.92 Å². The van der Waals surface area contributed by atoms with E-state index in [2.05, 4.69) is 32.6 Å². The molecule has 0 amide bonds. The van der Waals surface area contributed by atoms with Crippen LogP contribution in [0.4, 0.5) is 5.82 Å². The third kappa shape index (κ3) is 2.91. The highest BCUT2D eigenvalue weighted by atomic mass is 15.2. The lowest BCUT2D eigenvalue weighted by molar-refractivity contribution is 0.362. The first-order valence-electron chi connectivity index (χ1n) is 8.24. The lowest BCUT2D eigenvalue weighted by Gasteiger charge is -2.33. The minimum Gasteiger partial charge on any atom is -0.355 e. The fraction of sp³-hybridized carbons (Fsp3) is 0.389. The maximum absolute atomic E-state index is 4.79. The Hall–Kier alpha value is -2.43. The Morgan fingerprint density at radius 3 is 2.87 bits per heavy atom. The Kier molecular flexibility index (Phi) is 3.69. The SMILES string of the molecule is Cc1nccn1CC1CCCN(c2cnc3ccccc3n2)C1. The second-order valence-electron chi connectivity index (χ2n) is 6.30. The minimum absolute atomic E-state index is 0.630. The van der Waals surface area contributed by atoms with Gasteiger partial charge in [0.05, 0.1) is 17.2 Å². The van der Waals surface area contributed by atoms with Gasteiger partial charge in [-0.3, -0.25) is 4.98 Å². The molecule has 1 aliphatic rings. The standard InChI is InChI=1S/C18H21N5/c1-14-19-8-10-22(14)12-15-5-4-9-23(13-15)18-11-20-16-6-2-3-7-17(16)21-18/h2-3,6-8,10-11,15H,4-5,9,12-13H2,1H3. The smallest absolute Gasteiger partial charge is 0.147 e. The van der Waals surface area contributed by atoms with Crippen LogP contribution in [-0.4, -0.2) is 32.6 Å². The van der Waals surface area contributed by atoms with Gasteiger partial charge in [-0.1, -0.05) is 12.1 Å². The number of fused-ring (bicyclic) bond motifs is 1. The molecule has 0 N–H and O–H groups in total. The topological polar surface area (TPSA) is 46.8 Å². The van der Waals surface area contributed by atoms with Crippen LogP contribution in [0.5, 0.6) is 0 Å². The van der Waals surface area contributed by atoms with Crippen LogP contribution in [0.15, 0.2) is 42.9 Å². The van der Waals surface area contributed by atoms with E-state index in [9.17, 15) is 0 Å². The molecule has 0 bridgehead atoms. The van der Waals surface area contributed by atoms with Crippen LogP contribution in [0.3, 0.4) is 0 Å². The van der Waals surface area contributed by atoms with Crippen LogP contribution in [-0.2, 0) is 6.54 Å². The van der Waals surface area contributed by atoms with Crippen LogP contribution in [0, 0.1) is 12.8 Å². The summed E-state index contributed by atoms with van der Waals surface area (Å²) in [6, 6.07) is 8.05. The van der Waals surface area contributed by atoms with Gasteiger partial charge in [0.25, 0.3) is 0 Å². The van der Waals surface area contributed by atoms with E-state index in [-0.39, 0.29) is 0 Å². The van der Waals surface area contributed by atoms with Crippen LogP contribution in [0.2, 0.25) is 0 Å². The van der Waals surface area contributed by atoms with Gasteiger partial charge in [0.2, 0.25) is 0 Å². The van der Waals surface area contributed by atoms with Crippen molar-refractivity contribution in [2.45, 2.75) is 26.3 Å². The third-order valence-electron chi connectivity index (χ3n) is 4.66. The van der Waals surface area contributed by atoms with Crippen molar-refractivity contribution in [3.63, 3.8) is 0 Å². The van der Waals surface area contributed by atoms with Crippen LogP contribution in [0.1, 0.15) is 18.7 Å². The van der Waals surface area contributed by atoms with Gasteiger partial charge in [-0.15, -0.1) is 0 Å². The molecule has 4 rings (SSSR count). The van der Waals surface area contributed by atoms with Crippen molar-refractivity contribution in [2.75, 3.05) is 18.0 Å². The average molecular weight is 307 g/mol. The number of nitrogens with zero attached hydrogens (tertiary/aromatic N) is 5. The summed E-state index contributed by atoms with van der Waals surface area (Å²) in [5, 5.41) is 0. The first-order chi connectivity index (χ1) is 11.3. The zero-order valence-corrected chi connectivity index (χ0v) is 13.4. The Balaban J connectivity index is 1.52. The minimum atomic E-state index is 0.630. The predicted molar refractivity (Wildman–Crippen MR) is 91.4 cm³/mol. The Bertz CT molecular complexity index is 810. The molecule has 118 valence electrons. The lowest BCUT2D eigenvalue weighted by atomic mass is 9.98. The molecule has 1 saturated heterocycles. The molecule has 2 aromatic heterocycles. The fourth-order valence-corrected chi connectivity index (χ4v) is 3.40. The summed E-state index contributed by atoms with van der Waals surface area (Å²) in [5.74, 6) is 2.72. The van der Waals surface area contributed by atoms with Crippen LogP contribution in [0.25, 0.3) is 11.0 Å². The second-order valence-corrected chi connectivity index (χ2v) is 6.30. The first-order valence-corrected chi connectivity index (χ1v) is 8.24. The molecule has 1 atom stereocenters. The van der Waals surface area contributed by atoms with Gasteiger partial charge >= 0.3 is 0 Å². The molecule has 1 aromatic carbocycles. The molecular formula is C18H21N5. The summed E-state index contributed by atoms with van der Waals surface area (Å²) in [6.45, 7) is 5.19. The highest BCUT2D eigenvalue weighted by Crippen LogP contribution is 2.24. The number of aromatic nitrogens is 4. The fourth-order valence-electron chi connectivity index (χ4n) is 3.40. The predicted octanol–water partition coefficient (Wildman–Crippen LogP) is 3.05. The highest BCUT2D eigenvalue weighted by Gasteiger charge is 2.22. The average Bonchev–Trinajstić information content (AvgIpc) is 2.99. The molecule has 1 unspecified atom stereocenters. The van der Waals surface area contributed by atoms with E-state index >= 15 is 0 Å². The number of imidazole rings is 1.